The van der Waals surface area contributed by atoms with Crippen LogP contribution in [0.25, 0.3) is 0 Å². The van der Waals surface area contributed by atoms with Crippen LogP contribution in [0.15, 0.2) is 23.1 Å². The maximum atomic E-state index is 12.2. The molecule has 0 saturated heterocycles. The topological polar surface area (TPSA) is 75.6 Å². The highest BCUT2D eigenvalue weighted by molar-refractivity contribution is 7.89. The number of rotatable bonds is 9. The monoisotopic (exact) mass is 333 g/mol. The lowest BCUT2D eigenvalue weighted by atomic mass is 10.2. The molecule has 2 N–H and O–H groups in total. The fourth-order valence-electron chi connectivity index (χ4n) is 1.85. The van der Waals surface area contributed by atoms with Crippen molar-refractivity contribution < 1.29 is 18.3 Å². The molecular weight excluding hydrogens is 314 g/mol. The van der Waals surface area contributed by atoms with Gasteiger partial charge in [-0.15, -0.1) is 0 Å². The van der Waals surface area contributed by atoms with Gasteiger partial charge in [-0.25, -0.2) is 13.1 Å². The van der Waals surface area contributed by atoms with Crippen molar-refractivity contribution in [1.29, 1.82) is 0 Å². The van der Waals surface area contributed by atoms with Gasteiger partial charge in [0, 0.05) is 19.8 Å². The number of halogens is 1. The van der Waals surface area contributed by atoms with Crippen LogP contribution < -0.4 is 4.72 Å². The molecule has 0 radical (unpaired) electrons. The van der Waals surface area contributed by atoms with E-state index in [1.807, 2.05) is 0 Å². The van der Waals surface area contributed by atoms with E-state index in [-0.39, 0.29) is 16.5 Å². The van der Waals surface area contributed by atoms with E-state index >= 15 is 0 Å². The van der Waals surface area contributed by atoms with Crippen LogP contribution in [-0.2, 0) is 21.4 Å². The van der Waals surface area contributed by atoms with Gasteiger partial charge in [0.15, 0.2) is 0 Å². The number of nitrogens with one attached hydrogen (secondary N) is 1. The van der Waals surface area contributed by atoms with Crippen molar-refractivity contribution in [2.45, 2.75) is 30.8 Å². The van der Waals surface area contributed by atoms with Gasteiger partial charge >= 0.3 is 0 Å². The van der Waals surface area contributed by atoms with Gasteiger partial charge in [0.05, 0.1) is 11.6 Å². The Labute approximate surface area is 130 Å². The first kappa shape index (κ1) is 16.7. The lowest BCUT2D eigenvalue weighted by Gasteiger charge is -2.10. The SMILES string of the molecule is O=S(=O)(NCCCOCC1CC1)c1cc(CO)ccc1Cl. The highest BCUT2D eigenvalue weighted by atomic mass is 35.5. The molecule has 1 aliphatic carbocycles. The van der Waals surface area contributed by atoms with Gasteiger partial charge in [0.2, 0.25) is 10.0 Å². The number of aliphatic hydroxyl groups excluding tert-OH is 1. The van der Waals surface area contributed by atoms with E-state index in [1.165, 1.54) is 25.0 Å². The van der Waals surface area contributed by atoms with Crippen molar-refractivity contribution in [1.82, 2.24) is 4.72 Å². The highest BCUT2D eigenvalue weighted by Gasteiger charge is 2.21. The first-order valence-corrected chi connectivity index (χ1v) is 8.86. The number of ether oxygens (including phenoxy) is 1. The van der Waals surface area contributed by atoms with Crippen LogP contribution in [0.3, 0.4) is 0 Å². The van der Waals surface area contributed by atoms with E-state index in [9.17, 15) is 8.42 Å². The second-order valence-electron chi connectivity index (χ2n) is 5.19. The lowest BCUT2D eigenvalue weighted by molar-refractivity contribution is 0.123. The molecule has 118 valence electrons. The second-order valence-corrected chi connectivity index (χ2v) is 7.34. The van der Waals surface area contributed by atoms with Crippen molar-refractivity contribution in [3.05, 3.63) is 28.8 Å². The molecule has 1 aromatic rings. The first-order valence-electron chi connectivity index (χ1n) is 6.99. The molecule has 1 aliphatic rings. The number of benzene rings is 1. The average molecular weight is 334 g/mol. The summed E-state index contributed by atoms with van der Waals surface area (Å²) in [6.07, 6.45) is 3.10. The summed E-state index contributed by atoms with van der Waals surface area (Å²) in [4.78, 5) is -0.00499. The average Bonchev–Trinajstić information content (AvgIpc) is 3.27. The van der Waals surface area contributed by atoms with Crippen LogP contribution in [0.2, 0.25) is 5.02 Å². The number of aliphatic hydroxyl groups is 1. The van der Waals surface area contributed by atoms with Crippen molar-refractivity contribution in [2.75, 3.05) is 19.8 Å². The molecule has 0 unspecified atom stereocenters. The van der Waals surface area contributed by atoms with Crippen LogP contribution in [0.1, 0.15) is 24.8 Å². The molecule has 0 aliphatic heterocycles. The van der Waals surface area contributed by atoms with Gasteiger partial charge in [0.25, 0.3) is 0 Å². The largest absolute Gasteiger partial charge is 0.392 e. The Morgan fingerprint density at radius 1 is 1.38 bits per heavy atom. The second kappa shape index (κ2) is 7.56. The van der Waals surface area contributed by atoms with Crippen molar-refractivity contribution in [2.24, 2.45) is 5.92 Å². The summed E-state index contributed by atoms with van der Waals surface area (Å²) in [5.74, 6) is 0.710. The van der Waals surface area contributed by atoms with E-state index in [2.05, 4.69) is 4.72 Å². The van der Waals surface area contributed by atoms with Gasteiger partial charge in [0.1, 0.15) is 4.90 Å². The fraction of sp³-hybridized carbons (Fsp3) is 0.571. The van der Waals surface area contributed by atoms with Crippen LogP contribution in [0.5, 0.6) is 0 Å². The summed E-state index contributed by atoms with van der Waals surface area (Å²) in [5.41, 5.74) is 0.507. The Kier molecular flexibility index (Phi) is 6.01. The van der Waals surface area contributed by atoms with E-state index in [0.29, 0.717) is 31.1 Å². The van der Waals surface area contributed by atoms with Crippen LogP contribution in [-0.4, -0.2) is 33.3 Å². The summed E-state index contributed by atoms with van der Waals surface area (Å²) in [6.45, 7) is 1.39. The Morgan fingerprint density at radius 3 is 2.81 bits per heavy atom. The minimum atomic E-state index is -3.66. The quantitative estimate of drug-likeness (QED) is 0.677. The Hall–Kier alpha value is -0.660. The summed E-state index contributed by atoms with van der Waals surface area (Å²) >= 11 is 5.92. The molecule has 0 heterocycles. The summed E-state index contributed by atoms with van der Waals surface area (Å²) in [5, 5.41) is 9.21. The third-order valence-electron chi connectivity index (χ3n) is 3.28. The molecule has 0 spiro atoms. The van der Waals surface area contributed by atoms with E-state index in [0.717, 1.165) is 6.61 Å². The Bertz CT molecular complexity index is 572. The molecule has 1 saturated carbocycles. The van der Waals surface area contributed by atoms with Gasteiger partial charge in [-0.1, -0.05) is 17.7 Å². The normalized spacial score (nSPS) is 15.3. The molecule has 0 atom stereocenters. The highest BCUT2D eigenvalue weighted by Crippen LogP contribution is 2.28. The van der Waals surface area contributed by atoms with E-state index in [4.69, 9.17) is 21.4 Å². The number of sulfonamides is 1. The van der Waals surface area contributed by atoms with Crippen molar-refractivity contribution in [3.8, 4) is 0 Å². The molecule has 1 aromatic carbocycles. The van der Waals surface area contributed by atoms with E-state index in [1.54, 1.807) is 6.07 Å². The smallest absolute Gasteiger partial charge is 0.242 e. The zero-order valence-corrected chi connectivity index (χ0v) is 13.3. The van der Waals surface area contributed by atoms with Crippen LogP contribution in [0, 0.1) is 5.92 Å². The number of hydrogen-bond acceptors (Lipinski definition) is 4. The predicted molar refractivity (Wildman–Crippen MR) is 80.7 cm³/mol. The molecule has 1 fully saturated rings. The minimum absolute atomic E-state index is 0.00499. The maximum absolute atomic E-state index is 12.2. The molecular formula is C14H20ClNO4S. The van der Waals surface area contributed by atoms with Gasteiger partial charge in [-0.3, -0.25) is 0 Å². The van der Waals surface area contributed by atoms with Gasteiger partial charge < -0.3 is 9.84 Å². The zero-order valence-electron chi connectivity index (χ0n) is 11.7. The predicted octanol–water partition coefficient (Wildman–Crippen LogP) is 1.93. The molecule has 0 amide bonds. The van der Waals surface area contributed by atoms with Crippen molar-refractivity contribution >= 4 is 21.6 Å². The lowest BCUT2D eigenvalue weighted by Crippen LogP contribution is -2.26. The molecule has 21 heavy (non-hydrogen) atoms. The van der Waals surface area contributed by atoms with Crippen LogP contribution >= 0.6 is 11.6 Å². The minimum Gasteiger partial charge on any atom is -0.392 e. The Balaban J connectivity index is 1.82. The van der Waals surface area contributed by atoms with Gasteiger partial charge in [-0.2, -0.15) is 0 Å². The van der Waals surface area contributed by atoms with Gasteiger partial charge in [-0.05, 0) is 42.9 Å². The van der Waals surface area contributed by atoms with E-state index < -0.39 is 10.0 Å². The van der Waals surface area contributed by atoms with Crippen LogP contribution in [0.4, 0.5) is 0 Å². The third kappa shape index (κ3) is 5.23. The first-order chi connectivity index (χ1) is 10.0. The summed E-state index contributed by atoms with van der Waals surface area (Å²) in [7, 11) is -3.66. The molecule has 7 heteroatoms. The zero-order chi connectivity index (χ0) is 15.3. The fourth-order valence-corrected chi connectivity index (χ4v) is 3.47. The van der Waals surface area contributed by atoms with Crippen molar-refractivity contribution in [3.63, 3.8) is 0 Å². The number of hydrogen-bond donors (Lipinski definition) is 2. The standard InChI is InChI=1S/C14H20ClNO4S/c15-13-5-4-12(9-17)8-14(13)21(18,19)16-6-1-7-20-10-11-2-3-11/h4-5,8,11,16-17H,1-3,6-7,9-10H2. The summed E-state index contributed by atoms with van der Waals surface area (Å²) in [6, 6.07) is 4.45. The molecule has 0 bridgehead atoms. The third-order valence-corrected chi connectivity index (χ3v) is 5.22. The molecule has 5 nitrogen and oxygen atoms in total. The maximum Gasteiger partial charge on any atom is 0.242 e. The molecule has 0 aromatic heterocycles. The molecule has 2 rings (SSSR count). The Morgan fingerprint density at radius 2 is 2.14 bits per heavy atom. The summed E-state index contributed by atoms with van der Waals surface area (Å²) < 4.78 is 32.2.